The number of hydrogen-bond acceptors (Lipinski definition) is 4. The van der Waals surface area contributed by atoms with Crippen LogP contribution in [0.5, 0.6) is 0 Å². The first-order chi connectivity index (χ1) is 7.83. The molecule has 0 fully saturated rings. The third kappa shape index (κ3) is 2.00. The molecule has 0 amide bonds. The lowest BCUT2D eigenvalue weighted by molar-refractivity contribution is 1.12. The summed E-state index contributed by atoms with van der Waals surface area (Å²) in [6.07, 6.45) is 6.98. The summed E-state index contributed by atoms with van der Waals surface area (Å²) >= 11 is 0. The van der Waals surface area contributed by atoms with Crippen LogP contribution in [0.1, 0.15) is 12.5 Å². The van der Waals surface area contributed by atoms with Crippen LogP contribution in [0.3, 0.4) is 0 Å². The van der Waals surface area contributed by atoms with E-state index in [1.807, 2.05) is 26.1 Å². The Morgan fingerprint density at radius 3 is 2.75 bits per heavy atom. The first-order valence-electron chi connectivity index (χ1n) is 5.28. The smallest absolute Gasteiger partial charge is 0.152 e. The van der Waals surface area contributed by atoms with Crippen molar-refractivity contribution >= 4 is 5.82 Å². The van der Waals surface area contributed by atoms with E-state index >= 15 is 0 Å². The Morgan fingerprint density at radius 1 is 1.19 bits per heavy atom. The normalized spacial score (nSPS) is 10.1. The molecule has 2 aromatic rings. The third-order valence-electron chi connectivity index (χ3n) is 2.34. The van der Waals surface area contributed by atoms with Crippen molar-refractivity contribution < 1.29 is 0 Å². The Hall–Kier alpha value is -1.97. The van der Waals surface area contributed by atoms with Crippen molar-refractivity contribution in [2.45, 2.75) is 13.8 Å². The van der Waals surface area contributed by atoms with Crippen LogP contribution in [0.15, 0.2) is 30.9 Å². The molecule has 0 spiro atoms. The molecule has 0 saturated carbocycles. The predicted octanol–water partition coefficient (Wildman–Crippen LogP) is 2.28. The predicted molar refractivity (Wildman–Crippen MR) is 64.2 cm³/mol. The van der Waals surface area contributed by atoms with E-state index in [4.69, 9.17) is 0 Å². The number of nitrogens with one attached hydrogen (secondary N) is 1. The SMILES string of the molecule is CCNc1nccnc1-c1cnccc1C. The number of aromatic nitrogens is 3. The van der Waals surface area contributed by atoms with Crippen LogP contribution in [0.4, 0.5) is 5.82 Å². The molecule has 2 aromatic heterocycles. The standard InChI is InChI=1S/C12H14N4/c1-3-14-12-11(15-6-7-16-12)10-8-13-5-4-9(10)2/h4-8H,3H2,1-2H3,(H,14,16). The maximum absolute atomic E-state index is 4.36. The zero-order valence-electron chi connectivity index (χ0n) is 9.44. The molecule has 0 unspecified atom stereocenters. The number of pyridine rings is 1. The molecule has 2 heterocycles. The Kier molecular flexibility index (Phi) is 3.10. The molecule has 0 aromatic carbocycles. The van der Waals surface area contributed by atoms with Crippen molar-refractivity contribution in [3.63, 3.8) is 0 Å². The van der Waals surface area contributed by atoms with E-state index in [2.05, 4.69) is 20.3 Å². The topological polar surface area (TPSA) is 50.7 Å². The van der Waals surface area contributed by atoms with Crippen LogP contribution in [-0.2, 0) is 0 Å². The molecule has 0 atom stereocenters. The molecular weight excluding hydrogens is 200 g/mol. The summed E-state index contributed by atoms with van der Waals surface area (Å²) in [5.74, 6) is 0.807. The zero-order valence-corrected chi connectivity index (χ0v) is 9.44. The average molecular weight is 214 g/mol. The second kappa shape index (κ2) is 4.70. The van der Waals surface area contributed by atoms with Gasteiger partial charge >= 0.3 is 0 Å². The Balaban J connectivity index is 2.51. The largest absolute Gasteiger partial charge is 0.369 e. The maximum Gasteiger partial charge on any atom is 0.152 e. The van der Waals surface area contributed by atoms with Crippen molar-refractivity contribution in [1.82, 2.24) is 15.0 Å². The van der Waals surface area contributed by atoms with Crippen LogP contribution in [-0.4, -0.2) is 21.5 Å². The molecule has 0 aliphatic heterocycles. The van der Waals surface area contributed by atoms with Gasteiger partial charge in [0.2, 0.25) is 0 Å². The Labute approximate surface area is 94.8 Å². The summed E-state index contributed by atoms with van der Waals surface area (Å²) in [6.45, 7) is 4.90. The van der Waals surface area contributed by atoms with E-state index in [0.29, 0.717) is 0 Å². The average Bonchev–Trinajstić information content (AvgIpc) is 2.31. The zero-order chi connectivity index (χ0) is 11.4. The fraction of sp³-hybridized carbons (Fsp3) is 0.250. The third-order valence-corrected chi connectivity index (χ3v) is 2.34. The van der Waals surface area contributed by atoms with Crippen LogP contribution in [0, 0.1) is 6.92 Å². The van der Waals surface area contributed by atoms with Gasteiger partial charge in [0.05, 0.1) is 0 Å². The van der Waals surface area contributed by atoms with Gasteiger partial charge in [-0.15, -0.1) is 0 Å². The molecule has 0 radical (unpaired) electrons. The lowest BCUT2D eigenvalue weighted by atomic mass is 10.1. The van der Waals surface area contributed by atoms with E-state index in [-0.39, 0.29) is 0 Å². The minimum Gasteiger partial charge on any atom is -0.369 e. The van der Waals surface area contributed by atoms with E-state index in [1.165, 1.54) is 0 Å². The number of anilines is 1. The van der Waals surface area contributed by atoms with E-state index < -0.39 is 0 Å². The maximum atomic E-state index is 4.36. The number of nitrogens with zero attached hydrogens (tertiary/aromatic N) is 3. The van der Waals surface area contributed by atoms with Gasteiger partial charge in [-0.1, -0.05) is 0 Å². The van der Waals surface area contributed by atoms with Gasteiger partial charge in [0, 0.05) is 36.9 Å². The van der Waals surface area contributed by atoms with Gasteiger partial charge in [-0.2, -0.15) is 0 Å². The van der Waals surface area contributed by atoms with Crippen LogP contribution in [0.2, 0.25) is 0 Å². The lowest BCUT2D eigenvalue weighted by Gasteiger charge is -2.09. The van der Waals surface area contributed by atoms with Gasteiger partial charge < -0.3 is 5.32 Å². The molecule has 0 saturated heterocycles. The highest BCUT2D eigenvalue weighted by Gasteiger charge is 2.09. The monoisotopic (exact) mass is 214 g/mol. The van der Waals surface area contributed by atoms with Gasteiger partial charge in [0.25, 0.3) is 0 Å². The molecule has 0 aliphatic rings. The summed E-state index contributed by atoms with van der Waals surface area (Å²) in [6, 6.07) is 1.97. The lowest BCUT2D eigenvalue weighted by Crippen LogP contribution is -2.03. The summed E-state index contributed by atoms with van der Waals surface area (Å²) < 4.78 is 0. The van der Waals surface area contributed by atoms with E-state index in [1.54, 1.807) is 18.6 Å². The molecule has 0 bridgehead atoms. The molecule has 16 heavy (non-hydrogen) atoms. The summed E-state index contributed by atoms with van der Waals surface area (Å²) in [7, 11) is 0. The van der Waals surface area contributed by atoms with E-state index in [9.17, 15) is 0 Å². The van der Waals surface area contributed by atoms with Gasteiger partial charge in [0.1, 0.15) is 5.69 Å². The minimum absolute atomic E-state index is 0.807. The van der Waals surface area contributed by atoms with Gasteiger partial charge in [-0.3, -0.25) is 9.97 Å². The second-order valence-electron chi connectivity index (χ2n) is 3.47. The van der Waals surface area contributed by atoms with Crippen molar-refractivity contribution in [2.75, 3.05) is 11.9 Å². The fourth-order valence-electron chi connectivity index (χ4n) is 1.54. The van der Waals surface area contributed by atoms with Crippen molar-refractivity contribution in [2.24, 2.45) is 0 Å². The fourth-order valence-corrected chi connectivity index (χ4v) is 1.54. The molecule has 0 aliphatic carbocycles. The van der Waals surface area contributed by atoms with Crippen LogP contribution >= 0.6 is 0 Å². The second-order valence-corrected chi connectivity index (χ2v) is 3.47. The number of aryl methyl sites for hydroxylation is 1. The van der Waals surface area contributed by atoms with Gasteiger partial charge in [0.15, 0.2) is 5.82 Å². The van der Waals surface area contributed by atoms with Crippen LogP contribution in [0.25, 0.3) is 11.3 Å². The van der Waals surface area contributed by atoms with E-state index in [0.717, 1.165) is 29.2 Å². The van der Waals surface area contributed by atoms with Crippen molar-refractivity contribution in [3.05, 3.63) is 36.4 Å². The highest BCUT2D eigenvalue weighted by Crippen LogP contribution is 2.25. The number of hydrogen-bond donors (Lipinski definition) is 1. The highest BCUT2D eigenvalue weighted by molar-refractivity contribution is 5.72. The highest BCUT2D eigenvalue weighted by atomic mass is 15.0. The molecule has 82 valence electrons. The summed E-state index contributed by atoms with van der Waals surface area (Å²) in [4.78, 5) is 12.8. The Bertz CT molecular complexity index is 482. The molecule has 4 nitrogen and oxygen atoms in total. The van der Waals surface area contributed by atoms with Crippen molar-refractivity contribution in [3.8, 4) is 11.3 Å². The Morgan fingerprint density at radius 2 is 2.00 bits per heavy atom. The molecule has 2 rings (SSSR count). The molecular formula is C12H14N4. The first kappa shape index (κ1) is 10.5. The summed E-state index contributed by atoms with van der Waals surface area (Å²) in [5, 5.41) is 3.20. The number of rotatable bonds is 3. The molecule has 1 N–H and O–H groups in total. The van der Waals surface area contributed by atoms with Gasteiger partial charge in [-0.05, 0) is 25.5 Å². The minimum atomic E-state index is 0.807. The summed E-state index contributed by atoms with van der Waals surface area (Å²) in [5.41, 5.74) is 3.02. The first-order valence-corrected chi connectivity index (χ1v) is 5.28. The van der Waals surface area contributed by atoms with Gasteiger partial charge in [-0.25, -0.2) is 4.98 Å². The quantitative estimate of drug-likeness (QED) is 0.851. The van der Waals surface area contributed by atoms with Crippen molar-refractivity contribution in [1.29, 1.82) is 0 Å². The molecule has 4 heteroatoms. The van der Waals surface area contributed by atoms with Crippen LogP contribution < -0.4 is 5.32 Å².